The lowest BCUT2D eigenvalue weighted by Gasteiger charge is -2.25. The molecule has 0 radical (unpaired) electrons. The number of carbonyl (C=O) groups is 1. The van der Waals surface area contributed by atoms with Crippen molar-refractivity contribution in [1.29, 1.82) is 0 Å². The molecule has 1 aliphatic rings. The van der Waals surface area contributed by atoms with Crippen LogP contribution in [-0.2, 0) is 11.3 Å². The van der Waals surface area contributed by atoms with Crippen molar-refractivity contribution in [2.24, 2.45) is 5.92 Å². The van der Waals surface area contributed by atoms with E-state index in [9.17, 15) is 18.8 Å². The van der Waals surface area contributed by atoms with Crippen molar-refractivity contribution in [1.82, 2.24) is 14.9 Å². The predicted octanol–water partition coefficient (Wildman–Crippen LogP) is 1.72. The molecule has 3 rings (SSSR count). The molecule has 132 valence electrons. The summed E-state index contributed by atoms with van der Waals surface area (Å²) in [5.41, 5.74) is -0.269. The van der Waals surface area contributed by atoms with E-state index in [0.29, 0.717) is 5.92 Å². The van der Waals surface area contributed by atoms with E-state index in [1.54, 1.807) is 12.1 Å². The molecular weight excluding hydrogens is 325 g/mol. The van der Waals surface area contributed by atoms with Gasteiger partial charge in [-0.15, -0.1) is 0 Å². The molecule has 0 spiro atoms. The first-order valence-corrected chi connectivity index (χ1v) is 8.37. The summed E-state index contributed by atoms with van der Waals surface area (Å²) in [6, 6.07) is 7.12. The van der Waals surface area contributed by atoms with Gasteiger partial charge in [0.15, 0.2) is 0 Å². The van der Waals surface area contributed by atoms with Crippen LogP contribution in [0.3, 0.4) is 0 Å². The number of hydrogen-bond acceptors (Lipinski definition) is 3. The molecule has 2 aromatic rings. The molecule has 7 heteroatoms. The van der Waals surface area contributed by atoms with Gasteiger partial charge in [0.1, 0.15) is 12.4 Å². The van der Waals surface area contributed by atoms with Crippen LogP contribution in [0.1, 0.15) is 37.3 Å². The molecule has 1 fully saturated rings. The Kier molecular flexibility index (Phi) is 5.11. The zero-order valence-corrected chi connectivity index (χ0v) is 13.7. The number of H-pyrrole nitrogens is 1. The highest BCUT2D eigenvalue weighted by atomic mass is 19.1. The molecule has 1 atom stereocenters. The van der Waals surface area contributed by atoms with E-state index in [2.05, 4.69) is 10.3 Å². The number of benzene rings is 1. The van der Waals surface area contributed by atoms with Crippen LogP contribution >= 0.6 is 0 Å². The van der Waals surface area contributed by atoms with Gasteiger partial charge in [0.2, 0.25) is 5.91 Å². The van der Waals surface area contributed by atoms with E-state index in [4.69, 9.17) is 0 Å². The summed E-state index contributed by atoms with van der Waals surface area (Å²) in [6.45, 7) is -0.181. The Morgan fingerprint density at radius 3 is 2.52 bits per heavy atom. The molecular formula is C18H20FN3O3. The van der Waals surface area contributed by atoms with Gasteiger partial charge in [0.25, 0.3) is 5.56 Å². The third-order valence-corrected chi connectivity index (χ3v) is 4.63. The Morgan fingerprint density at radius 2 is 1.88 bits per heavy atom. The summed E-state index contributed by atoms with van der Waals surface area (Å²) < 4.78 is 14.3. The number of halogens is 1. The summed E-state index contributed by atoms with van der Waals surface area (Å²) in [7, 11) is 0. The molecule has 1 aliphatic carbocycles. The van der Waals surface area contributed by atoms with Gasteiger partial charge in [-0.3, -0.25) is 19.1 Å². The van der Waals surface area contributed by atoms with Crippen molar-refractivity contribution < 1.29 is 9.18 Å². The molecule has 0 bridgehead atoms. The molecule has 1 aromatic heterocycles. The molecule has 2 N–H and O–H groups in total. The number of amides is 1. The standard InChI is InChI=1S/C18H20FN3O3/c19-14-7-5-13(6-8-14)17(12-3-1-2-4-12)20-16(24)11-22-10-9-15(23)21-18(22)25/h5-10,12,17H,1-4,11H2,(H,20,24)(H,21,23,25). The van der Waals surface area contributed by atoms with Crippen LogP contribution in [0.5, 0.6) is 0 Å². The Balaban J connectivity index is 1.77. The molecule has 0 aliphatic heterocycles. The van der Waals surface area contributed by atoms with Gasteiger partial charge in [-0.2, -0.15) is 0 Å². The fourth-order valence-corrected chi connectivity index (χ4v) is 3.38. The van der Waals surface area contributed by atoms with E-state index in [-0.39, 0.29) is 24.3 Å². The van der Waals surface area contributed by atoms with Gasteiger partial charge < -0.3 is 5.32 Å². The molecule has 1 amide bonds. The van der Waals surface area contributed by atoms with Gasteiger partial charge in [-0.1, -0.05) is 25.0 Å². The lowest BCUT2D eigenvalue weighted by Crippen LogP contribution is -2.38. The molecule has 0 saturated heterocycles. The van der Waals surface area contributed by atoms with Crippen LogP contribution < -0.4 is 16.6 Å². The largest absolute Gasteiger partial charge is 0.347 e. The van der Waals surface area contributed by atoms with Crippen LogP contribution in [0, 0.1) is 11.7 Å². The van der Waals surface area contributed by atoms with E-state index in [1.165, 1.54) is 24.4 Å². The number of aromatic nitrogens is 2. The number of nitrogens with one attached hydrogen (secondary N) is 2. The summed E-state index contributed by atoms with van der Waals surface area (Å²) >= 11 is 0. The second-order valence-corrected chi connectivity index (χ2v) is 6.38. The number of aromatic amines is 1. The average molecular weight is 345 g/mol. The molecule has 1 unspecified atom stereocenters. The van der Waals surface area contributed by atoms with E-state index < -0.39 is 11.2 Å². The van der Waals surface area contributed by atoms with E-state index in [0.717, 1.165) is 35.8 Å². The SMILES string of the molecule is O=C(Cn1ccc(=O)[nH]c1=O)NC(c1ccc(F)cc1)C1CCCC1. The first-order valence-electron chi connectivity index (χ1n) is 8.37. The van der Waals surface area contributed by atoms with Gasteiger partial charge in [-0.05, 0) is 36.5 Å². The maximum Gasteiger partial charge on any atom is 0.328 e. The van der Waals surface area contributed by atoms with Crippen LogP contribution in [0.4, 0.5) is 4.39 Å². The highest BCUT2D eigenvalue weighted by Gasteiger charge is 2.27. The van der Waals surface area contributed by atoms with Crippen LogP contribution in [0.2, 0.25) is 0 Å². The van der Waals surface area contributed by atoms with Crippen molar-refractivity contribution in [2.75, 3.05) is 0 Å². The van der Waals surface area contributed by atoms with E-state index in [1.807, 2.05) is 0 Å². The third kappa shape index (κ3) is 4.23. The maximum absolute atomic E-state index is 13.2. The molecule has 1 saturated carbocycles. The Hall–Kier alpha value is -2.70. The minimum Gasteiger partial charge on any atom is -0.347 e. The van der Waals surface area contributed by atoms with Gasteiger partial charge >= 0.3 is 5.69 Å². The predicted molar refractivity (Wildman–Crippen MR) is 90.6 cm³/mol. The zero-order valence-electron chi connectivity index (χ0n) is 13.7. The van der Waals surface area contributed by atoms with Crippen molar-refractivity contribution in [2.45, 2.75) is 38.3 Å². The van der Waals surface area contributed by atoms with Crippen molar-refractivity contribution in [3.63, 3.8) is 0 Å². The molecule has 1 aromatic carbocycles. The Labute approximate surface area is 143 Å². The normalized spacial score (nSPS) is 15.9. The number of hydrogen-bond donors (Lipinski definition) is 2. The number of rotatable bonds is 5. The minimum absolute atomic E-state index is 0.181. The second-order valence-electron chi connectivity index (χ2n) is 6.38. The lowest BCUT2D eigenvalue weighted by molar-refractivity contribution is -0.122. The minimum atomic E-state index is -0.623. The average Bonchev–Trinajstić information content (AvgIpc) is 3.10. The number of carbonyl (C=O) groups excluding carboxylic acids is 1. The monoisotopic (exact) mass is 345 g/mol. The fraction of sp³-hybridized carbons (Fsp3) is 0.389. The van der Waals surface area contributed by atoms with Gasteiger partial charge in [0.05, 0.1) is 6.04 Å². The topological polar surface area (TPSA) is 84.0 Å². The quantitative estimate of drug-likeness (QED) is 0.865. The van der Waals surface area contributed by atoms with Gasteiger partial charge in [0, 0.05) is 12.3 Å². The summed E-state index contributed by atoms with van der Waals surface area (Å²) in [4.78, 5) is 37.3. The summed E-state index contributed by atoms with van der Waals surface area (Å²) in [6.07, 6.45) is 5.51. The Morgan fingerprint density at radius 1 is 1.20 bits per heavy atom. The van der Waals surface area contributed by atoms with Crippen molar-refractivity contribution in [3.8, 4) is 0 Å². The fourth-order valence-electron chi connectivity index (χ4n) is 3.38. The molecule has 25 heavy (non-hydrogen) atoms. The van der Waals surface area contributed by atoms with Crippen LogP contribution in [0.25, 0.3) is 0 Å². The summed E-state index contributed by atoms with van der Waals surface area (Å²) in [5, 5.41) is 2.97. The maximum atomic E-state index is 13.2. The number of nitrogens with zero attached hydrogens (tertiary/aromatic N) is 1. The van der Waals surface area contributed by atoms with Crippen molar-refractivity contribution >= 4 is 5.91 Å². The first kappa shape index (κ1) is 17.1. The molecule has 1 heterocycles. The smallest absolute Gasteiger partial charge is 0.328 e. The summed E-state index contributed by atoms with van der Waals surface area (Å²) in [5.74, 6) is -0.350. The van der Waals surface area contributed by atoms with Crippen LogP contribution in [-0.4, -0.2) is 15.5 Å². The van der Waals surface area contributed by atoms with Crippen molar-refractivity contribution in [3.05, 3.63) is 68.7 Å². The highest BCUT2D eigenvalue weighted by Crippen LogP contribution is 2.35. The van der Waals surface area contributed by atoms with Gasteiger partial charge in [-0.25, -0.2) is 9.18 Å². The Bertz CT molecular complexity index is 851. The lowest BCUT2D eigenvalue weighted by atomic mass is 9.91. The first-order chi connectivity index (χ1) is 12.0. The molecule has 6 nitrogen and oxygen atoms in total. The third-order valence-electron chi connectivity index (χ3n) is 4.63. The second kappa shape index (κ2) is 7.46. The highest BCUT2D eigenvalue weighted by molar-refractivity contribution is 5.76. The zero-order chi connectivity index (χ0) is 17.8. The van der Waals surface area contributed by atoms with Crippen LogP contribution in [0.15, 0.2) is 46.1 Å². The van der Waals surface area contributed by atoms with E-state index >= 15 is 0 Å².